The molecule has 2 aliphatic rings. The summed E-state index contributed by atoms with van der Waals surface area (Å²) in [4.78, 5) is 11.4. The Morgan fingerprint density at radius 2 is 2.55 bits per heavy atom. The van der Waals surface area contributed by atoms with Crippen LogP contribution in [-0.4, -0.2) is 25.5 Å². The van der Waals surface area contributed by atoms with Crippen LogP contribution in [0.4, 0.5) is 0 Å². The van der Waals surface area contributed by atoms with Gasteiger partial charge in [0.05, 0.1) is 5.41 Å². The Bertz CT molecular complexity index is 183. The number of fused-ring (bicyclic) bond motifs is 2. The lowest BCUT2D eigenvalue weighted by molar-refractivity contribution is -0.129. The maximum atomic E-state index is 11.4. The van der Waals surface area contributed by atoms with Crippen LogP contribution in [-0.2, 0) is 4.79 Å². The molecule has 2 unspecified atom stereocenters. The molecule has 2 atom stereocenters. The van der Waals surface area contributed by atoms with Crippen molar-refractivity contribution in [2.75, 3.05) is 13.6 Å². The van der Waals surface area contributed by atoms with Gasteiger partial charge in [-0.05, 0) is 19.3 Å². The number of hydrogen-bond acceptors (Lipinski definition) is 2. The molecular weight excluding hydrogens is 140 g/mol. The van der Waals surface area contributed by atoms with E-state index in [-0.39, 0.29) is 11.3 Å². The van der Waals surface area contributed by atoms with E-state index < -0.39 is 0 Å². The first-order valence-corrected chi connectivity index (χ1v) is 4.22. The average molecular weight is 154 g/mol. The van der Waals surface area contributed by atoms with Crippen LogP contribution in [0.1, 0.15) is 19.3 Å². The van der Waals surface area contributed by atoms with E-state index in [1.54, 1.807) is 7.05 Å². The van der Waals surface area contributed by atoms with Crippen molar-refractivity contribution in [2.45, 2.75) is 25.3 Å². The molecule has 0 spiro atoms. The molecule has 1 saturated heterocycles. The Hall–Kier alpha value is -0.570. The first kappa shape index (κ1) is 7.10. The highest BCUT2D eigenvalue weighted by molar-refractivity contribution is 5.83. The minimum atomic E-state index is -0.0422. The van der Waals surface area contributed by atoms with Crippen LogP contribution in [0.2, 0.25) is 0 Å². The summed E-state index contributed by atoms with van der Waals surface area (Å²) in [6.07, 6.45) is 3.30. The van der Waals surface area contributed by atoms with Gasteiger partial charge in [-0.3, -0.25) is 4.79 Å². The van der Waals surface area contributed by atoms with Crippen molar-refractivity contribution in [2.24, 2.45) is 5.41 Å². The highest BCUT2D eigenvalue weighted by Crippen LogP contribution is 2.42. The van der Waals surface area contributed by atoms with E-state index in [1.165, 1.54) is 6.42 Å². The molecule has 1 aliphatic heterocycles. The monoisotopic (exact) mass is 154 g/mol. The highest BCUT2D eigenvalue weighted by atomic mass is 16.2. The molecule has 1 saturated carbocycles. The summed E-state index contributed by atoms with van der Waals surface area (Å²) in [5, 5.41) is 6.10. The standard InChI is InChI=1S/C8H14N2O/c1-9-7(11)8-3-2-6(4-8)10-5-8/h6,10H,2-5H2,1H3,(H,9,11). The largest absolute Gasteiger partial charge is 0.359 e. The number of nitrogens with one attached hydrogen (secondary N) is 2. The number of hydrogen-bond donors (Lipinski definition) is 2. The second-order valence-electron chi connectivity index (χ2n) is 3.68. The predicted molar refractivity (Wildman–Crippen MR) is 42.1 cm³/mol. The Kier molecular flexibility index (Phi) is 1.42. The van der Waals surface area contributed by atoms with Crippen molar-refractivity contribution in [3.8, 4) is 0 Å². The molecular formula is C8H14N2O. The third-order valence-electron chi connectivity index (χ3n) is 3.05. The summed E-state index contributed by atoms with van der Waals surface area (Å²) in [6.45, 7) is 0.886. The Morgan fingerprint density at radius 3 is 2.91 bits per heavy atom. The van der Waals surface area contributed by atoms with Crippen LogP contribution in [0.15, 0.2) is 0 Å². The van der Waals surface area contributed by atoms with E-state index in [0.29, 0.717) is 6.04 Å². The second-order valence-corrected chi connectivity index (χ2v) is 3.68. The molecule has 0 aromatic rings. The van der Waals surface area contributed by atoms with Gasteiger partial charge in [0.1, 0.15) is 0 Å². The van der Waals surface area contributed by atoms with Crippen molar-refractivity contribution in [1.29, 1.82) is 0 Å². The van der Waals surface area contributed by atoms with E-state index in [2.05, 4.69) is 10.6 Å². The molecule has 2 fully saturated rings. The summed E-state index contributed by atoms with van der Waals surface area (Å²) in [5.74, 6) is 0.227. The molecule has 3 nitrogen and oxygen atoms in total. The molecule has 0 radical (unpaired) electrons. The fourth-order valence-corrected chi connectivity index (χ4v) is 2.35. The van der Waals surface area contributed by atoms with Gasteiger partial charge in [-0.15, -0.1) is 0 Å². The minimum Gasteiger partial charge on any atom is -0.359 e. The zero-order valence-corrected chi connectivity index (χ0v) is 6.81. The number of carbonyl (C=O) groups excluding carboxylic acids is 1. The van der Waals surface area contributed by atoms with E-state index in [9.17, 15) is 4.79 Å². The van der Waals surface area contributed by atoms with Crippen molar-refractivity contribution in [1.82, 2.24) is 10.6 Å². The Balaban J connectivity index is 2.16. The van der Waals surface area contributed by atoms with Gasteiger partial charge < -0.3 is 10.6 Å². The van der Waals surface area contributed by atoms with E-state index in [0.717, 1.165) is 19.4 Å². The maximum Gasteiger partial charge on any atom is 0.227 e. The SMILES string of the molecule is CNC(=O)C12CCC(C1)NC2. The van der Waals surface area contributed by atoms with Gasteiger partial charge in [-0.1, -0.05) is 0 Å². The molecule has 2 bridgehead atoms. The fourth-order valence-electron chi connectivity index (χ4n) is 2.35. The van der Waals surface area contributed by atoms with Gasteiger partial charge in [-0.25, -0.2) is 0 Å². The lowest BCUT2D eigenvalue weighted by Crippen LogP contribution is -2.41. The molecule has 0 aromatic carbocycles. The van der Waals surface area contributed by atoms with Crippen LogP contribution in [0, 0.1) is 5.41 Å². The fraction of sp³-hybridized carbons (Fsp3) is 0.875. The van der Waals surface area contributed by atoms with Crippen LogP contribution < -0.4 is 10.6 Å². The highest BCUT2D eigenvalue weighted by Gasteiger charge is 2.49. The van der Waals surface area contributed by atoms with Crippen molar-refractivity contribution in [3.63, 3.8) is 0 Å². The summed E-state index contributed by atoms with van der Waals surface area (Å²) in [5.41, 5.74) is -0.0422. The van der Waals surface area contributed by atoms with Gasteiger partial charge in [0.15, 0.2) is 0 Å². The maximum absolute atomic E-state index is 11.4. The molecule has 1 amide bonds. The van der Waals surface area contributed by atoms with E-state index in [1.807, 2.05) is 0 Å². The first-order chi connectivity index (χ1) is 5.27. The molecule has 62 valence electrons. The van der Waals surface area contributed by atoms with Crippen molar-refractivity contribution < 1.29 is 4.79 Å². The third-order valence-corrected chi connectivity index (χ3v) is 3.05. The molecule has 3 heteroatoms. The molecule has 1 heterocycles. The topological polar surface area (TPSA) is 41.1 Å². The minimum absolute atomic E-state index is 0.0422. The predicted octanol–water partition coefficient (Wildman–Crippen LogP) is -0.126. The van der Waals surface area contributed by atoms with Crippen LogP contribution >= 0.6 is 0 Å². The summed E-state index contributed by atoms with van der Waals surface area (Å²) in [6, 6.07) is 0.618. The van der Waals surface area contributed by atoms with Gasteiger partial charge in [0.2, 0.25) is 5.91 Å². The van der Waals surface area contributed by atoms with Gasteiger partial charge >= 0.3 is 0 Å². The summed E-state index contributed by atoms with van der Waals surface area (Å²) < 4.78 is 0. The smallest absolute Gasteiger partial charge is 0.227 e. The van der Waals surface area contributed by atoms with Crippen molar-refractivity contribution >= 4 is 5.91 Å². The number of piperidine rings is 1. The lowest BCUT2D eigenvalue weighted by atomic mass is 9.87. The van der Waals surface area contributed by atoms with Crippen LogP contribution in [0.25, 0.3) is 0 Å². The van der Waals surface area contributed by atoms with Gasteiger partial charge in [0.25, 0.3) is 0 Å². The number of rotatable bonds is 1. The molecule has 0 aromatic heterocycles. The second kappa shape index (κ2) is 2.21. The van der Waals surface area contributed by atoms with Crippen molar-refractivity contribution in [3.05, 3.63) is 0 Å². The zero-order valence-electron chi connectivity index (χ0n) is 6.81. The molecule has 2 rings (SSSR count). The van der Waals surface area contributed by atoms with Crippen LogP contribution in [0.3, 0.4) is 0 Å². The summed E-state index contributed by atoms with van der Waals surface area (Å²) >= 11 is 0. The Morgan fingerprint density at radius 1 is 1.73 bits per heavy atom. The quantitative estimate of drug-likeness (QED) is 0.552. The normalized spacial score (nSPS) is 41.0. The summed E-state index contributed by atoms with van der Waals surface area (Å²) in [7, 11) is 1.72. The van der Waals surface area contributed by atoms with E-state index >= 15 is 0 Å². The Labute approximate surface area is 66.5 Å². The third kappa shape index (κ3) is 0.872. The number of amides is 1. The zero-order chi connectivity index (χ0) is 7.90. The first-order valence-electron chi connectivity index (χ1n) is 4.22. The average Bonchev–Trinajstić information content (AvgIpc) is 2.62. The number of carbonyl (C=O) groups is 1. The van der Waals surface area contributed by atoms with Gasteiger partial charge in [0, 0.05) is 19.6 Å². The molecule has 2 N–H and O–H groups in total. The van der Waals surface area contributed by atoms with E-state index in [4.69, 9.17) is 0 Å². The molecule has 11 heavy (non-hydrogen) atoms. The molecule has 1 aliphatic carbocycles. The lowest BCUT2D eigenvalue weighted by Gasteiger charge is -2.23. The van der Waals surface area contributed by atoms with Gasteiger partial charge in [-0.2, -0.15) is 0 Å². The van der Waals surface area contributed by atoms with Crippen LogP contribution in [0.5, 0.6) is 0 Å².